The van der Waals surface area contributed by atoms with E-state index in [0.29, 0.717) is 29.7 Å². The largest absolute Gasteiger partial charge is 0.325 e. The first-order valence-corrected chi connectivity index (χ1v) is 7.86. The van der Waals surface area contributed by atoms with Crippen LogP contribution in [0.25, 0.3) is 0 Å². The second-order valence-electron chi connectivity index (χ2n) is 6.83. The Morgan fingerprint density at radius 2 is 2.00 bits per heavy atom. The zero-order valence-corrected chi connectivity index (χ0v) is 13.8. The van der Waals surface area contributed by atoms with Crippen molar-refractivity contribution in [3.05, 3.63) is 67.8 Å². The first kappa shape index (κ1) is 15.9. The summed E-state index contributed by atoms with van der Waals surface area (Å²) in [5.74, 6) is -0.449. The van der Waals surface area contributed by atoms with E-state index in [0.717, 1.165) is 0 Å². The Bertz CT molecular complexity index is 834. The number of pyridine rings is 1. The fraction of sp³-hybridized carbons (Fsp3) is 0.333. The molecular weight excluding hydrogens is 317 g/mol. The maximum Gasteiger partial charge on any atom is 0.251 e. The Hall–Kier alpha value is -1.94. The summed E-state index contributed by atoms with van der Waals surface area (Å²) >= 11 is 6.02. The number of hydrogen-bond acceptors (Lipinski definition) is 2. The molecule has 0 saturated carbocycles. The summed E-state index contributed by atoms with van der Waals surface area (Å²) in [5, 5.41) is 0.273. The number of benzene rings is 1. The Kier molecular flexibility index (Phi) is 3.88. The van der Waals surface area contributed by atoms with Crippen LogP contribution in [0.4, 0.5) is 4.39 Å². The van der Waals surface area contributed by atoms with Crippen molar-refractivity contribution >= 4 is 17.4 Å². The van der Waals surface area contributed by atoms with Gasteiger partial charge >= 0.3 is 0 Å². The standard InChI is InChI=1S/C18H17ClFNO2/c1-18(2)8-15-12(16(22)9-18)7-10(17(23)21-15)6-11-13(19)4-3-5-14(11)20/h3-5,7H,6,8-9H2,1-2H3,(H,21,23). The number of aromatic nitrogens is 1. The molecule has 0 amide bonds. The van der Waals surface area contributed by atoms with Gasteiger partial charge in [-0.15, -0.1) is 0 Å². The maximum absolute atomic E-state index is 13.9. The highest BCUT2D eigenvalue weighted by Gasteiger charge is 2.32. The predicted octanol–water partition coefficient (Wildman–Crippen LogP) is 3.91. The lowest BCUT2D eigenvalue weighted by Crippen LogP contribution is -2.31. The predicted molar refractivity (Wildman–Crippen MR) is 87.7 cm³/mol. The molecule has 1 aliphatic carbocycles. The summed E-state index contributed by atoms with van der Waals surface area (Å²) in [5.41, 5.74) is 1.36. The topological polar surface area (TPSA) is 49.9 Å². The molecule has 1 aromatic carbocycles. The van der Waals surface area contributed by atoms with E-state index in [2.05, 4.69) is 4.98 Å². The lowest BCUT2D eigenvalue weighted by molar-refractivity contribution is 0.0910. The highest BCUT2D eigenvalue weighted by molar-refractivity contribution is 6.31. The molecule has 5 heteroatoms. The van der Waals surface area contributed by atoms with Crippen LogP contribution in [0.1, 0.15) is 47.4 Å². The van der Waals surface area contributed by atoms with E-state index in [9.17, 15) is 14.0 Å². The molecule has 3 rings (SSSR count). The van der Waals surface area contributed by atoms with Crippen LogP contribution in [-0.4, -0.2) is 10.8 Å². The van der Waals surface area contributed by atoms with Gasteiger partial charge in [-0.25, -0.2) is 4.39 Å². The highest BCUT2D eigenvalue weighted by atomic mass is 35.5. The van der Waals surface area contributed by atoms with Crippen LogP contribution >= 0.6 is 11.6 Å². The minimum absolute atomic E-state index is 0.00776. The van der Waals surface area contributed by atoms with Gasteiger partial charge in [-0.1, -0.05) is 31.5 Å². The number of H-pyrrole nitrogens is 1. The molecule has 120 valence electrons. The van der Waals surface area contributed by atoms with Crippen LogP contribution < -0.4 is 5.56 Å². The Balaban J connectivity index is 2.05. The van der Waals surface area contributed by atoms with Crippen LogP contribution in [0.3, 0.4) is 0 Å². The summed E-state index contributed by atoms with van der Waals surface area (Å²) in [4.78, 5) is 27.4. The van der Waals surface area contributed by atoms with Crippen molar-refractivity contribution in [2.45, 2.75) is 33.1 Å². The molecule has 1 aromatic heterocycles. The van der Waals surface area contributed by atoms with E-state index >= 15 is 0 Å². The Morgan fingerprint density at radius 1 is 1.26 bits per heavy atom. The second kappa shape index (κ2) is 5.60. The average Bonchev–Trinajstić information content (AvgIpc) is 2.42. The third kappa shape index (κ3) is 3.08. The van der Waals surface area contributed by atoms with Crippen molar-refractivity contribution in [1.82, 2.24) is 4.98 Å². The SMILES string of the molecule is CC1(C)CC(=O)c2cc(Cc3c(F)cccc3Cl)c(=O)[nH]c2C1. The molecule has 3 nitrogen and oxygen atoms in total. The Morgan fingerprint density at radius 3 is 2.70 bits per heavy atom. The van der Waals surface area contributed by atoms with Crippen molar-refractivity contribution in [3.8, 4) is 0 Å². The molecule has 0 radical (unpaired) electrons. The molecule has 0 unspecified atom stereocenters. The number of hydrogen-bond donors (Lipinski definition) is 1. The second-order valence-corrected chi connectivity index (χ2v) is 7.24. The number of carbonyl (C=O) groups excluding carboxylic acids is 1. The lowest BCUT2D eigenvalue weighted by atomic mass is 9.75. The normalized spacial score (nSPS) is 16.3. The van der Waals surface area contributed by atoms with Gasteiger partial charge in [0.25, 0.3) is 5.56 Å². The number of fused-ring (bicyclic) bond motifs is 1. The van der Waals surface area contributed by atoms with Gasteiger partial charge in [-0.3, -0.25) is 9.59 Å². The van der Waals surface area contributed by atoms with Gasteiger partial charge in [-0.2, -0.15) is 0 Å². The first-order valence-electron chi connectivity index (χ1n) is 7.48. The smallest absolute Gasteiger partial charge is 0.251 e. The molecule has 1 aliphatic rings. The molecule has 1 N–H and O–H groups in total. The third-order valence-electron chi connectivity index (χ3n) is 4.22. The van der Waals surface area contributed by atoms with Gasteiger partial charge in [0.1, 0.15) is 5.82 Å². The molecule has 2 aromatic rings. The van der Waals surface area contributed by atoms with Crippen molar-refractivity contribution in [1.29, 1.82) is 0 Å². The van der Waals surface area contributed by atoms with E-state index in [1.807, 2.05) is 13.8 Å². The minimum atomic E-state index is -0.456. The highest BCUT2D eigenvalue weighted by Crippen LogP contribution is 2.33. The summed E-state index contributed by atoms with van der Waals surface area (Å²) in [6.45, 7) is 4.00. The molecule has 0 aliphatic heterocycles. The number of carbonyl (C=O) groups is 1. The van der Waals surface area contributed by atoms with E-state index in [4.69, 9.17) is 11.6 Å². The number of Topliss-reactive ketones (excluding diaryl/α,β-unsaturated/α-hetero) is 1. The van der Waals surface area contributed by atoms with Crippen LogP contribution in [0.2, 0.25) is 5.02 Å². The minimum Gasteiger partial charge on any atom is -0.325 e. The fourth-order valence-electron chi connectivity index (χ4n) is 3.09. The van der Waals surface area contributed by atoms with Crippen molar-refractivity contribution < 1.29 is 9.18 Å². The van der Waals surface area contributed by atoms with Crippen LogP contribution in [0.5, 0.6) is 0 Å². The van der Waals surface area contributed by atoms with E-state index in [-0.39, 0.29) is 33.8 Å². The van der Waals surface area contributed by atoms with Crippen molar-refractivity contribution in [3.63, 3.8) is 0 Å². The fourth-order valence-corrected chi connectivity index (χ4v) is 3.32. The van der Waals surface area contributed by atoms with Crippen LogP contribution in [-0.2, 0) is 12.8 Å². The van der Waals surface area contributed by atoms with Gasteiger partial charge in [-0.05, 0) is 30.0 Å². The van der Waals surface area contributed by atoms with Gasteiger partial charge < -0.3 is 4.98 Å². The van der Waals surface area contributed by atoms with Crippen LogP contribution in [0.15, 0.2) is 29.1 Å². The molecule has 1 heterocycles. The summed E-state index contributed by atoms with van der Waals surface area (Å²) in [6.07, 6.45) is 1.14. The quantitative estimate of drug-likeness (QED) is 0.905. The molecule has 0 spiro atoms. The molecule has 23 heavy (non-hydrogen) atoms. The van der Waals surface area contributed by atoms with Gasteiger partial charge in [0.05, 0.1) is 0 Å². The van der Waals surface area contributed by atoms with Gasteiger partial charge in [0.15, 0.2) is 5.78 Å². The molecule has 0 fully saturated rings. The number of nitrogens with one attached hydrogen (secondary N) is 1. The Labute approximate surface area is 138 Å². The third-order valence-corrected chi connectivity index (χ3v) is 4.58. The lowest BCUT2D eigenvalue weighted by Gasteiger charge is -2.29. The first-order chi connectivity index (χ1) is 10.8. The molecular formula is C18H17ClFNO2. The van der Waals surface area contributed by atoms with Crippen LogP contribution in [0, 0.1) is 11.2 Å². The van der Waals surface area contributed by atoms with Gasteiger partial charge in [0, 0.05) is 40.2 Å². The molecule has 0 atom stereocenters. The number of aromatic amines is 1. The van der Waals surface area contributed by atoms with Gasteiger partial charge in [0.2, 0.25) is 0 Å². The number of ketones is 1. The summed E-state index contributed by atoms with van der Waals surface area (Å²) in [7, 11) is 0. The number of halogens is 2. The summed E-state index contributed by atoms with van der Waals surface area (Å²) < 4.78 is 13.9. The van der Waals surface area contributed by atoms with E-state index < -0.39 is 5.82 Å². The average molecular weight is 334 g/mol. The molecule has 0 saturated heterocycles. The molecule has 0 bridgehead atoms. The maximum atomic E-state index is 13.9. The monoisotopic (exact) mass is 333 g/mol. The van der Waals surface area contributed by atoms with E-state index in [1.165, 1.54) is 12.1 Å². The zero-order valence-electron chi connectivity index (χ0n) is 13.0. The van der Waals surface area contributed by atoms with Crippen molar-refractivity contribution in [2.75, 3.05) is 0 Å². The number of rotatable bonds is 2. The summed E-state index contributed by atoms with van der Waals surface area (Å²) in [6, 6.07) is 6.00. The van der Waals surface area contributed by atoms with E-state index in [1.54, 1.807) is 12.1 Å². The van der Waals surface area contributed by atoms with Crippen molar-refractivity contribution in [2.24, 2.45) is 5.41 Å². The zero-order chi connectivity index (χ0) is 16.8.